The molecule has 0 radical (unpaired) electrons. The van der Waals surface area contributed by atoms with E-state index in [-0.39, 0.29) is 0 Å². The van der Waals surface area contributed by atoms with E-state index in [2.05, 4.69) is 39.2 Å². The van der Waals surface area contributed by atoms with Crippen molar-refractivity contribution in [3.8, 4) is 33.9 Å². The van der Waals surface area contributed by atoms with Gasteiger partial charge in [0.2, 0.25) is 0 Å². The topological polar surface area (TPSA) is 38.7 Å². The SMILES string of the molecule is Bc1nc(-c2ccccc2)nc(-c2cccc(-c3ccccc3)c2)n1. The smallest absolute Gasteiger partial charge is 0.189 e. The summed E-state index contributed by atoms with van der Waals surface area (Å²) in [5.74, 6) is 1.40. The normalized spacial score (nSPS) is 10.6. The molecule has 0 N–H and O–H groups in total. The fourth-order valence-electron chi connectivity index (χ4n) is 2.80. The van der Waals surface area contributed by atoms with Crippen LogP contribution in [0, 0.1) is 0 Å². The highest BCUT2D eigenvalue weighted by Crippen LogP contribution is 2.25. The van der Waals surface area contributed by atoms with Crippen molar-refractivity contribution in [2.24, 2.45) is 0 Å². The van der Waals surface area contributed by atoms with E-state index in [0.717, 1.165) is 16.7 Å². The lowest BCUT2D eigenvalue weighted by Crippen LogP contribution is -2.16. The van der Waals surface area contributed by atoms with E-state index in [1.165, 1.54) is 5.56 Å². The summed E-state index contributed by atoms with van der Waals surface area (Å²) >= 11 is 0. The van der Waals surface area contributed by atoms with Gasteiger partial charge in [-0.15, -0.1) is 0 Å². The second-order valence-corrected chi connectivity index (χ2v) is 5.84. The molecule has 0 spiro atoms. The maximum atomic E-state index is 4.69. The van der Waals surface area contributed by atoms with Crippen molar-refractivity contribution in [3.05, 3.63) is 84.9 Å². The van der Waals surface area contributed by atoms with Crippen molar-refractivity contribution < 1.29 is 0 Å². The van der Waals surface area contributed by atoms with Crippen molar-refractivity contribution in [1.82, 2.24) is 15.0 Å². The fraction of sp³-hybridized carbons (Fsp3) is 0. The van der Waals surface area contributed by atoms with Crippen LogP contribution in [0.3, 0.4) is 0 Å². The minimum absolute atomic E-state index is 0.698. The number of hydrogen-bond acceptors (Lipinski definition) is 3. The first-order valence-electron chi connectivity index (χ1n) is 8.23. The number of benzene rings is 3. The van der Waals surface area contributed by atoms with Crippen LogP contribution in [-0.4, -0.2) is 22.8 Å². The molecule has 4 aromatic rings. The molecule has 0 aliphatic heterocycles. The summed E-state index contributed by atoms with van der Waals surface area (Å²) in [4.78, 5) is 13.7. The van der Waals surface area contributed by atoms with Crippen LogP contribution >= 0.6 is 0 Å². The second-order valence-electron chi connectivity index (χ2n) is 5.84. The van der Waals surface area contributed by atoms with Crippen molar-refractivity contribution in [2.45, 2.75) is 0 Å². The molecule has 0 atom stereocenters. The van der Waals surface area contributed by atoms with Gasteiger partial charge < -0.3 is 0 Å². The van der Waals surface area contributed by atoms with E-state index in [1.807, 2.05) is 68.5 Å². The van der Waals surface area contributed by atoms with Gasteiger partial charge in [0.05, 0.1) is 5.72 Å². The van der Waals surface area contributed by atoms with E-state index in [9.17, 15) is 0 Å². The highest BCUT2D eigenvalue weighted by molar-refractivity contribution is 6.29. The molecule has 0 saturated carbocycles. The molecular weight excluding hydrogens is 305 g/mol. The van der Waals surface area contributed by atoms with Gasteiger partial charge in [-0.3, -0.25) is 0 Å². The van der Waals surface area contributed by atoms with Gasteiger partial charge in [-0.25, -0.2) is 15.0 Å². The molecule has 1 aromatic heterocycles. The lowest BCUT2D eigenvalue weighted by atomic mass is 10.0. The van der Waals surface area contributed by atoms with Gasteiger partial charge in [0.1, 0.15) is 0 Å². The molecule has 0 aliphatic rings. The molecular formula is C21H16BN3. The summed E-state index contributed by atoms with van der Waals surface area (Å²) < 4.78 is 0. The largest absolute Gasteiger partial charge is 0.225 e. The van der Waals surface area contributed by atoms with Crippen LogP contribution in [0.25, 0.3) is 33.9 Å². The Kier molecular flexibility index (Phi) is 4.09. The summed E-state index contributed by atoms with van der Waals surface area (Å²) in [5, 5.41) is 0. The predicted molar refractivity (Wildman–Crippen MR) is 104 cm³/mol. The first-order chi connectivity index (χ1) is 12.3. The van der Waals surface area contributed by atoms with Gasteiger partial charge in [-0.2, -0.15) is 0 Å². The molecule has 4 rings (SSSR count). The van der Waals surface area contributed by atoms with Gasteiger partial charge >= 0.3 is 0 Å². The predicted octanol–water partition coefficient (Wildman–Crippen LogP) is 3.13. The van der Waals surface area contributed by atoms with Crippen LogP contribution < -0.4 is 5.72 Å². The van der Waals surface area contributed by atoms with E-state index < -0.39 is 0 Å². The number of rotatable bonds is 3. The van der Waals surface area contributed by atoms with Crippen molar-refractivity contribution in [1.29, 1.82) is 0 Å². The summed E-state index contributed by atoms with van der Waals surface area (Å²) in [5.41, 5.74) is 5.03. The number of nitrogens with zero attached hydrogens (tertiary/aromatic N) is 3. The summed E-state index contributed by atoms with van der Waals surface area (Å²) in [6, 6.07) is 28.6. The molecule has 0 bridgehead atoms. The van der Waals surface area contributed by atoms with Gasteiger partial charge in [0, 0.05) is 11.1 Å². The lowest BCUT2D eigenvalue weighted by Gasteiger charge is -2.08. The molecule has 118 valence electrons. The first-order valence-corrected chi connectivity index (χ1v) is 8.23. The van der Waals surface area contributed by atoms with E-state index >= 15 is 0 Å². The average Bonchev–Trinajstić information content (AvgIpc) is 2.69. The van der Waals surface area contributed by atoms with E-state index in [4.69, 9.17) is 0 Å². The summed E-state index contributed by atoms with van der Waals surface area (Å²) in [6.07, 6.45) is 0. The Morgan fingerprint density at radius 2 is 1.00 bits per heavy atom. The molecule has 0 saturated heterocycles. The zero-order valence-electron chi connectivity index (χ0n) is 13.9. The van der Waals surface area contributed by atoms with E-state index in [1.54, 1.807) is 0 Å². The monoisotopic (exact) mass is 321 g/mol. The van der Waals surface area contributed by atoms with Crippen LogP contribution in [0.15, 0.2) is 84.9 Å². The quantitative estimate of drug-likeness (QED) is 0.544. The standard InChI is InChI=1S/C21H16BN3/c22-21-24-19(16-10-5-2-6-11-16)23-20(25-21)18-13-7-12-17(14-18)15-8-3-1-4-9-15/h1-14H,22H2. The molecule has 4 heteroatoms. The zero-order chi connectivity index (χ0) is 17.1. The first kappa shape index (κ1) is 15.3. The number of aromatic nitrogens is 3. The minimum atomic E-state index is 0.698. The third-order valence-corrected chi connectivity index (χ3v) is 4.01. The van der Waals surface area contributed by atoms with E-state index in [0.29, 0.717) is 17.4 Å². The minimum Gasteiger partial charge on any atom is -0.225 e. The maximum Gasteiger partial charge on any atom is 0.189 e. The van der Waals surface area contributed by atoms with Gasteiger partial charge in [0.15, 0.2) is 19.5 Å². The fourth-order valence-corrected chi connectivity index (χ4v) is 2.80. The van der Waals surface area contributed by atoms with Crippen LogP contribution in [0.1, 0.15) is 0 Å². The molecule has 1 heterocycles. The second kappa shape index (κ2) is 6.69. The van der Waals surface area contributed by atoms with Crippen molar-refractivity contribution in [3.63, 3.8) is 0 Å². The molecule has 0 aliphatic carbocycles. The Morgan fingerprint density at radius 1 is 0.480 bits per heavy atom. The maximum absolute atomic E-state index is 4.69. The van der Waals surface area contributed by atoms with Crippen molar-refractivity contribution in [2.75, 3.05) is 0 Å². The Labute approximate surface area is 147 Å². The van der Waals surface area contributed by atoms with Crippen molar-refractivity contribution >= 4 is 13.6 Å². The lowest BCUT2D eigenvalue weighted by molar-refractivity contribution is 1.11. The molecule has 25 heavy (non-hydrogen) atoms. The average molecular weight is 321 g/mol. The number of hydrogen-bond donors (Lipinski definition) is 0. The Hall–Kier alpha value is -3.27. The highest BCUT2D eigenvalue weighted by Gasteiger charge is 2.09. The van der Waals surface area contributed by atoms with Gasteiger partial charge in [-0.1, -0.05) is 78.9 Å². The third-order valence-electron chi connectivity index (χ3n) is 4.01. The Balaban J connectivity index is 1.79. The van der Waals surface area contributed by atoms with Crippen LogP contribution in [0.5, 0.6) is 0 Å². The molecule has 0 amide bonds. The molecule has 3 aromatic carbocycles. The summed E-state index contributed by atoms with van der Waals surface area (Å²) in [7, 11) is 1.90. The molecule has 0 unspecified atom stereocenters. The van der Waals surface area contributed by atoms with Crippen LogP contribution in [-0.2, 0) is 0 Å². The third kappa shape index (κ3) is 3.33. The zero-order valence-corrected chi connectivity index (χ0v) is 13.9. The molecule has 3 nitrogen and oxygen atoms in total. The Bertz CT molecular complexity index is 1000. The Morgan fingerprint density at radius 3 is 1.68 bits per heavy atom. The summed E-state index contributed by atoms with van der Waals surface area (Å²) in [6.45, 7) is 0. The van der Waals surface area contributed by atoms with Crippen LogP contribution in [0.4, 0.5) is 0 Å². The van der Waals surface area contributed by atoms with Gasteiger partial charge in [0.25, 0.3) is 0 Å². The molecule has 0 fully saturated rings. The van der Waals surface area contributed by atoms with Gasteiger partial charge in [-0.05, 0) is 17.2 Å². The highest BCUT2D eigenvalue weighted by atomic mass is 15.0. The van der Waals surface area contributed by atoms with Crippen LogP contribution in [0.2, 0.25) is 0 Å².